The first-order valence-corrected chi connectivity index (χ1v) is 36.1. The average Bonchev–Trinajstić information content (AvgIpc) is 1.61. The topological polar surface area (TPSA) is 512 Å². The summed E-state index contributed by atoms with van der Waals surface area (Å²) in [5.74, 6) is -14.3. The number of aromatic nitrogens is 4. The predicted molar refractivity (Wildman–Crippen MR) is 362 cm³/mol. The largest absolute Gasteiger partial charge is 0.496 e. The fourth-order valence-electron chi connectivity index (χ4n) is 11.6. The van der Waals surface area contributed by atoms with Crippen LogP contribution in [0.15, 0.2) is 23.4 Å². The number of hydrogen-bond acceptors (Lipinski definition) is 23. The van der Waals surface area contributed by atoms with Crippen molar-refractivity contribution in [1.29, 1.82) is 0 Å². The number of primary amides is 1. The number of methoxy groups -OCH3 is 1. The monoisotopic (exact) mass is 1460 g/mol. The number of thioether (sulfide) groups is 1. The molecule has 15 N–H and O–H groups in total. The van der Waals surface area contributed by atoms with Gasteiger partial charge in [0, 0.05) is 79.3 Å². The van der Waals surface area contributed by atoms with E-state index in [9.17, 15) is 68.1 Å². The number of Topliss-reactive ketones (excluding diaryl/α,β-unsaturated/α-hetero) is 2. The van der Waals surface area contributed by atoms with E-state index in [-0.39, 0.29) is 49.1 Å². The zero-order valence-electron chi connectivity index (χ0n) is 57.4. The van der Waals surface area contributed by atoms with Gasteiger partial charge in [0.1, 0.15) is 34.6 Å². The highest BCUT2D eigenvalue weighted by Gasteiger charge is 2.45. The maximum Gasteiger partial charge on any atom is 0.314 e. The number of carbonyl (C=O) groups excluding carboxylic acids is 11. The summed E-state index contributed by atoms with van der Waals surface area (Å²) in [5.41, 5.74) is 7.22. The fraction of sp³-hybridized carbons (Fsp3) is 0.656. The molecule has 6 rings (SSSR count). The summed E-state index contributed by atoms with van der Waals surface area (Å²) in [4.78, 5) is 167. The van der Waals surface area contributed by atoms with E-state index in [0.29, 0.717) is 92.4 Å². The molecule has 2 bridgehead atoms. The highest BCUT2D eigenvalue weighted by molar-refractivity contribution is 7.98. The maximum atomic E-state index is 15.4. The SMILES string of the molecule is CC[C@H](C)[C@@H]1CC(=O)CNC(=O)[C@H]2CC(=O)[C@H]([C@@H](C)[C@@H](O)CO)NC(=O)[C@@H]3C[C@@H](O)CN3C(=O)[C@H](CC(N)=O)NC(=O)[C@H](CS(=O)c3[nH]c4c(CSCCCCNC(=O)NCCOCCOCCOCCn5cc(CNC(=O)C(C)CC(=O)O)nn5)c(OC)ccc4c3C2)NC(=O)CNC1=O. The number of hydrogen-bond donors (Lipinski definition) is 14. The van der Waals surface area contributed by atoms with E-state index in [0.717, 1.165) is 4.90 Å². The van der Waals surface area contributed by atoms with E-state index < -0.39 is 212 Å². The van der Waals surface area contributed by atoms with E-state index in [2.05, 4.69) is 57.8 Å². The van der Waals surface area contributed by atoms with Crippen LogP contribution in [-0.4, -0.2) is 254 Å². The Hall–Kier alpha value is -8.20. The minimum absolute atomic E-state index is 0.0966. The number of H-pyrrole nitrogens is 1. The second-order valence-electron chi connectivity index (χ2n) is 25.2. The molecule has 3 aromatic rings. The quantitative estimate of drug-likeness (QED) is 0.0276. The lowest BCUT2D eigenvalue weighted by Crippen LogP contribution is -2.60. The summed E-state index contributed by atoms with van der Waals surface area (Å²) in [6.45, 7) is 6.44. The van der Waals surface area contributed by atoms with Crippen LogP contribution in [0.2, 0.25) is 0 Å². The van der Waals surface area contributed by atoms with Crippen molar-refractivity contribution in [2.75, 3.05) is 97.6 Å². The lowest BCUT2D eigenvalue weighted by molar-refractivity contribution is -0.144. The van der Waals surface area contributed by atoms with E-state index in [1.165, 1.54) is 32.7 Å². The molecule has 0 saturated carbocycles. The highest BCUT2D eigenvalue weighted by Crippen LogP contribution is 2.37. The Morgan fingerprint density at radius 1 is 0.851 bits per heavy atom. The van der Waals surface area contributed by atoms with Crippen molar-refractivity contribution < 1.29 is 101 Å². The predicted octanol–water partition coefficient (Wildman–Crippen LogP) is -3.05. The van der Waals surface area contributed by atoms with Crippen LogP contribution >= 0.6 is 11.8 Å². The van der Waals surface area contributed by atoms with Crippen molar-refractivity contribution >= 4 is 104 Å². The van der Waals surface area contributed by atoms with Crippen molar-refractivity contribution in [1.82, 2.24) is 67.4 Å². The number of unbranched alkanes of at least 4 members (excludes halogenated alkanes) is 1. The third-order valence-electron chi connectivity index (χ3n) is 17.6. The third-order valence-corrected chi connectivity index (χ3v) is 20.1. The number of aliphatic hydroxyl groups excluding tert-OH is 3. The zero-order chi connectivity index (χ0) is 73.9. The Balaban J connectivity index is 1.14. The first-order valence-electron chi connectivity index (χ1n) is 33.6. The summed E-state index contributed by atoms with van der Waals surface area (Å²) >= 11 is 1.49. The normalized spacial score (nSPS) is 22.7. The van der Waals surface area contributed by atoms with Crippen LogP contribution in [0.5, 0.6) is 5.75 Å². The Labute approximate surface area is 589 Å². The van der Waals surface area contributed by atoms with E-state index >= 15 is 9.00 Å². The van der Waals surface area contributed by atoms with Crippen LogP contribution in [0.4, 0.5) is 4.79 Å². The van der Waals surface area contributed by atoms with Gasteiger partial charge in [0.05, 0.1) is 139 Å². The second kappa shape index (κ2) is 41.0. The number of aromatic amines is 1. The van der Waals surface area contributed by atoms with E-state index in [1.807, 2.05) is 0 Å². The number of aliphatic hydroxyl groups is 3. The summed E-state index contributed by atoms with van der Waals surface area (Å²) in [5, 5.41) is 70.0. The maximum absolute atomic E-state index is 15.4. The molecule has 3 aliphatic rings. The highest BCUT2D eigenvalue weighted by atomic mass is 32.2. The lowest BCUT2D eigenvalue weighted by atomic mass is 9.85. The van der Waals surface area contributed by atoms with Gasteiger partial charge in [-0.25, -0.2) is 9.48 Å². The number of amides is 10. The number of carbonyl (C=O) groups is 12. The number of urea groups is 1. The van der Waals surface area contributed by atoms with Gasteiger partial charge in [-0.2, -0.15) is 11.8 Å². The van der Waals surface area contributed by atoms with Gasteiger partial charge in [0.25, 0.3) is 0 Å². The third kappa shape index (κ3) is 25.1. The van der Waals surface area contributed by atoms with Gasteiger partial charge in [-0.3, -0.25) is 56.9 Å². The molecular weight excluding hydrogens is 1360 g/mol. The van der Waals surface area contributed by atoms with Crippen molar-refractivity contribution in [2.45, 2.75) is 146 Å². The molecule has 560 valence electrons. The number of carboxylic acid groups (broad SMARTS) is 1. The summed E-state index contributed by atoms with van der Waals surface area (Å²) in [6, 6.07) is -4.10. The Morgan fingerprint density at radius 2 is 1.55 bits per heavy atom. The van der Waals surface area contributed by atoms with Crippen molar-refractivity contribution in [3.63, 3.8) is 0 Å². The van der Waals surface area contributed by atoms with Crippen LogP contribution in [0.25, 0.3) is 10.9 Å². The first kappa shape index (κ1) is 81.8. The van der Waals surface area contributed by atoms with Gasteiger partial charge in [-0.05, 0) is 48.6 Å². The number of nitrogens with one attached hydrogen (secondary N) is 9. The second-order valence-corrected chi connectivity index (χ2v) is 27.7. The van der Waals surface area contributed by atoms with Gasteiger partial charge in [0.2, 0.25) is 47.3 Å². The molecule has 1 aromatic carbocycles. The number of ketones is 2. The molecule has 0 spiro atoms. The zero-order valence-corrected chi connectivity index (χ0v) is 59.0. The first-order chi connectivity index (χ1) is 48.2. The molecule has 0 radical (unpaired) electrons. The molecule has 0 aliphatic carbocycles. The van der Waals surface area contributed by atoms with Crippen LogP contribution in [0.3, 0.4) is 0 Å². The molecule has 2 aromatic heterocycles. The van der Waals surface area contributed by atoms with Crippen LogP contribution in [-0.2, 0) is 103 Å². The number of fused-ring (bicyclic) bond motifs is 5. The lowest BCUT2D eigenvalue weighted by Gasteiger charge is -2.32. The number of benzene rings is 1. The molecule has 12 atom stereocenters. The smallest absolute Gasteiger partial charge is 0.314 e. The summed E-state index contributed by atoms with van der Waals surface area (Å²) < 4.78 is 39.5. The number of carboxylic acids is 1. The van der Waals surface area contributed by atoms with Gasteiger partial charge >= 0.3 is 12.0 Å². The van der Waals surface area contributed by atoms with Crippen LogP contribution in [0, 0.1) is 29.6 Å². The fourth-order valence-corrected chi connectivity index (χ4v) is 14.1. The van der Waals surface area contributed by atoms with Gasteiger partial charge in [-0.15, -0.1) is 5.10 Å². The molecule has 37 heteroatoms. The molecule has 5 heterocycles. The summed E-state index contributed by atoms with van der Waals surface area (Å²) in [6.07, 6.45) is -2.83. The van der Waals surface area contributed by atoms with Gasteiger partial charge in [0.15, 0.2) is 11.6 Å². The molecule has 1 fully saturated rings. The minimum Gasteiger partial charge on any atom is -0.496 e. The van der Waals surface area contributed by atoms with Crippen LogP contribution in [0.1, 0.15) is 95.9 Å². The molecule has 10 amide bonds. The number of nitrogens with zero attached hydrogens (tertiary/aromatic N) is 4. The Kier molecular flexibility index (Phi) is 33.2. The van der Waals surface area contributed by atoms with Gasteiger partial charge in [-0.1, -0.05) is 39.3 Å². The standard InChI is InChI=1S/C64H96N14O21S2/c1-6-35(2)43-24-40(80)28-69-58(89)38-22-44-42-9-10-51(96-5)45(33-100-20-8-7-11-66-64(94)67-12-14-97-16-18-99-19-17-98-15-13-77-30-39(75-76-77)27-68-57(88)36(3)21-54(86)87)56(42)74-62(44)101(95)34-47(71-53(85)29-70-59(43)90)60(91)72-46(26-52(65)84)63(93)78-31-41(81)25-48(78)61(92)73-55(49(82)23-38)37(4)50(83)32-79/h9-10,30,35-38,41,43,46-48,50,55,74,79,81,83H,6-8,11-29,31-34H2,1-5H3,(H2,65,84)(H,68,88)(H,69,89)(H,70,90)(H,71,85)(H,72,91)(H,73,92)(H,86,87)(H2,66,67,94)/t35-,36?,37-,38+,41+,43-,46-,47-,48-,50-,55-,101?/m0/s1. The Morgan fingerprint density at radius 3 is 2.25 bits per heavy atom. The van der Waals surface area contributed by atoms with E-state index in [1.54, 1.807) is 36.9 Å². The number of ether oxygens (including phenoxy) is 4. The molecule has 35 nitrogen and oxygen atoms in total. The molecule has 1 saturated heterocycles. The molecule has 3 aliphatic heterocycles. The van der Waals surface area contributed by atoms with Gasteiger partial charge < -0.3 is 97.5 Å². The van der Waals surface area contributed by atoms with Crippen molar-refractivity contribution in [3.8, 4) is 5.75 Å². The summed E-state index contributed by atoms with van der Waals surface area (Å²) in [7, 11) is -0.982. The molecule has 101 heavy (non-hydrogen) atoms. The van der Waals surface area contributed by atoms with Crippen molar-refractivity contribution in [2.24, 2.45) is 35.3 Å². The number of nitrogens with two attached hydrogens (primary N) is 1. The number of rotatable bonds is 32. The minimum atomic E-state index is -2.42. The average molecular weight is 1460 g/mol. The molecule has 2 unspecified atom stereocenters. The molecular formula is C64H96N14O21S2. The van der Waals surface area contributed by atoms with Crippen LogP contribution < -0.4 is 53.0 Å². The Bertz CT molecular complexity index is 3410. The number of aliphatic carboxylic acids is 1. The van der Waals surface area contributed by atoms with Crippen molar-refractivity contribution in [3.05, 3.63) is 35.2 Å². The van der Waals surface area contributed by atoms with E-state index in [4.69, 9.17) is 29.8 Å².